The molecule has 2 unspecified atom stereocenters. The number of anilines is 1. The van der Waals surface area contributed by atoms with Gasteiger partial charge in [0.05, 0.1) is 30.1 Å². The lowest BCUT2D eigenvalue weighted by Crippen LogP contribution is -2.55. The molecular weight excluding hydrogens is 442 g/mol. The maximum Gasteiger partial charge on any atom is 0.322 e. The summed E-state index contributed by atoms with van der Waals surface area (Å²) in [7, 11) is 1.63. The van der Waals surface area contributed by atoms with Crippen LogP contribution in [0.25, 0.3) is 10.9 Å². The minimum absolute atomic E-state index is 0.00938. The Hall–Kier alpha value is -3.23. The smallest absolute Gasteiger partial charge is 0.322 e. The van der Waals surface area contributed by atoms with Crippen molar-refractivity contribution < 1.29 is 9.53 Å². The van der Waals surface area contributed by atoms with Crippen LogP contribution in [0.4, 0.5) is 10.5 Å². The molecule has 0 spiro atoms. The van der Waals surface area contributed by atoms with E-state index in [2.05, 4.69) is 24.1 Å². The van der Waals surface area contributed by atoms with Crippen LogP contribution in [0.1, 0.15) is 36.8 Å². The highest BCUT2D eigenvalue weighted by atomic mass is 16.5. The molecule has 2 aromatic carbocycles. The number of piperazine rings is 1. The van der Waals surface area contributed by atoms with E-state index in [1.807, 2.05) is 61.2 Å². The number of nitrogens with one attached hydrogen (secondary N) is 1. The number of urea groups is 1. The van der Waals surface area contributed by atoms with E-state index in [1.54, 1.807) is 11.7 Å². The standard InChI is InChI=1S/C27H35N5O3/c1-18-9-8-10-19(2)24(18)29-27(34)31-14-13-30(17-20(31)3)21(4)25-28-23-12-7-6-11-22(23)26(33)32(25)15-16-35-5/h6-12,20-21H,13-17H2,1-5H3,(H,29,34). The Bertz CT molecular complexity index is 1250. The number of ether oxygens (including phenoxy) is 1. The van der Waals surface area contributed by atoms with Crippen LogP contribution in [0.3, 0.4) is 0 Å². The van der Waals surface area contributed by atoms with Gasteiger partial charge in [-0.1, -0.05) is 30.3 Å². The van der Waals surface area contributed by atoms with E-state index >= 15 is 0 Å². The Morgan fingerprint density at radius 2 is 1.86 bits per heavy atom. The van der Waals surface area contributed by atoms with Gasteiger partial charge in [-0.15, -0.1) is 0 Å². The molecule has 1 fully saturated rings. The topological polar surface area (TPSA) is 79.7 Å². The molecule has 8 heteroatoms. The molecule has 1 saturated heterocycles. The fourth-order valence-corrected chi connectivity index (χ4v) is 4.90. The maximum absolute atomic E-state index is 13.3. The van der Waals surface area contributed by atoms with Crippen LogP contribution in [0.15, 0.2) is 47.3 Å². The summed E-state index contributed by atoms with van der Waals surface area (Å²) < 4.78 is 7.00. The van der Waals surface area contributed by atoms with E-state index in [9.17, 15) is 9.59 Å². The molecule has 0 aliphatic carbocycles. The third kappa shape index (κ3) is 5.09. The number of benzene rings is 2. The number of carbonyl (C=O) groups excluding carboxylic acids is 1. The zero-order chi connectivity index (χ0) is 25.1. The highest BCUT2D eigenvalue weighted by molar-refractivity contribution is 5.91. The van der Waals surface area contributed by atoms with Gasteiger partial charge < -0.3 is 15.0 Å². The number of amides is 2. The molecule has 4 rings (SSSR count). The Morgan fingerprint density at radius 1 is 1.14 bits per heavy atom. The second kappa shape index (κ2) is 10.6. The van der Waals surface area contributed by atoms with E-state index < -0.39 is 0 Å². The lowest BCUT2D eigenvalue weighted by molar-refractivity contribution is 0.0784. The van der Waals surface area contributed by atoms with Gasteiger partial charge in [-0.3, -0.25) is 14.3 Å². The van der Waals surface area contributed by atoms with Gasteiger partial charge in [-0.05, 0) is 51.0 Å². The summed E-state index contributed by atoms with van der Waals surface area (Å²) >= 11 is 0. The first kappa shape index (κ1) is 24.9. The normalized spacial score (nSPS) is 17.5. The zero-order valence-electron chi connectivity index (χ0n) is 21.2. The first-order valence-corrected chi connectivity index (χ1v) is 12.2. The zero-order valence-corrected chi connectivity index (χ0v) is 21.2. The molecule has 1 N–H and O–H groups in total. The molecule has 3 aromatic rings. The number of para-hydroxylation sites is 2. The Labute approximate surface area is 206 Å². The predicted molar refractivity (Wildman–Crippen MR) is 139 cm³/mol. The summed E-state index contributed by atoms with van der Waals surface area (Å²) in [6, 6.07) is 13.3. The fourth-order valence-electron chi connectivity index (χ4n) is 4.90. The van der Waals surface area contributed by atoms with Crippen LogP contribution in [0.5, 0.6) is 0 Å². The van der Waals surface area contributed by atoms with Crippen molar-refractivity contribution in [3.05, 3.63) is 69.8 Å². The van der Waals surface area contributed by atoms with Gasteiger partial charge >= 0.3 is 6.03 Å². The molecule has 35 heavy (non-hydrogen) atoms. The van der Waals surface area contributed by atoms with Crippen LogP contribution >= 0.6 is 0 Å². The van der Waals surface area contributed by atoms with Crippen molar-refractivity contribution in [2.45, 2.75) is 46.3 Å². The number of aromatic nitrogens is 2. The first-order chi connectivity index (χ1) is 16.8. The van der Waals surface area contributed by atoms with Crippen molar-refractivity contribution in [1.82, 2.24) is 19.4 Å². The average Bonchev–Trinajstić information content (AvgIpc) is 2.85. The summed E-state index contributed by atoms with van der Waals surface area (Å²) in [6.07, 6.45) is 0. The van der Waals surface area contributed by atoms with E-state index in [0.717, 1.165) is 22.6 Å². The van der Waals surface area contributed by atoms with Crippen molar-refractivity contribution in [2.75, 3.05) is 38.7 Å². The van der Waals surface area contributed by atoms with Gasteiger partial charge in [0.15, 0.2) is 0 Å². The predicted octanol–water partition coefficient (Wildman–Crippen LogP) is 3.96. The number of nitrogens with zero attached hydrogens (tertiary/aromatic N) is 4. The largest absolute Gasteiger partial charge is 0.383 e. The van der Waals surface area contributed by atoms with E-state index in [4.69, 9.17) is 9.72 Å². The maximum atomic E-state index is 13.3. The Balaban J connectivity index is 1.54. The van der Waals surface area contributed by atoms with Gasteiger partial charge in [-0.25, -0.2) is 9.78 Å². The Kier molecular flexibility index (Phi) is 7.52. The van der Waals surface area contributed by atoms with Gasteiger partial charge in [0, 0.05) is 38.5 Å². The van der Waals surface area contributed by atoms with Gasteiger partial charge in [-0.2, -0.15) is 0 Å². The molecule has 2 atom stereocenters. The minimum atomic E-state index is -0.0876. The summed E-state index contributed by atoms with van der Waals surface area (Å²) in [5, 5.41) is 3.72. The highest BCUT2D eigenvalue weighted by Crippen LogP contribution is 2.25. The number of aryl methyl sites for hydroxylation is 2. The van der Waals surface area contributed by atoms with E-state index in [-0.39, 0.29) is 23.7 Å². The van der Waals surface area contributed by atoms with Gasteiger partial charge in [0.2, 0.25) is 0 Å². The van der Waals surface area contributed by atoms with Crippen molar-refractivity contribution in [3.8, 4) is 0 Å². The molecule has 0 bridgehead atoms. The van der Waals surface area contributed by atoms with Gasteiger partial charge in [0.1, 0.15) is 5.82 Å². The molecule has 186 valence electrons. The van der Waals surface area contributed by atoms with Crippen LogP contribution < -0.4 is 10.9 Å². The van der Waals surface area contributed by atoms with Crippen molar-refractivity contribution in [2.24, 2.45) is 0 Å². The van der Waals surface area contributed by atoms with Gasteiger partial charge in [0.25, 0.3) is 5.56 Å². The molecule has 0 saturated carbocycles. The number of fused-ring (bicyclic) bond motifs is 1. The molecule has 1 aliphatic rings. The number of hydrogen-bond acceptors (Lipinski definition) is 5. The fraction of sp³-hybridized carbons (Fsp3) is 0.444. The summed E-state index contributed by atoms with van der Waals surface area (Å²) in [4.78, 5) is 35.5. The molecule has 1 aromatic heterocycles. The lowest BCUT2D eigenvalue weighted by Gasteiger charge is -2.42. The third-order valence-electron chi connectivity index (χ3n) is 6.96. The second-order valence-electron chi connectivity index (χ2n) is 9.35. The third-order valence-corrected chi connectivity index (χ3v) is 6.96. The monoisotopic (exact) mass is 477 g/mol. The highest BCUT2D eigenvalue weighted by Gasteiger charge is 2.32. The number of hydrogen-bond donors (Lipinski definition) is 1. The molecular formula is C27H35N5O3. The average molecular weight is 478 g/mol. The summed E-state index contributed by atoms with van der Waals surface area (Å²) in [5.41, 5.74) is 3.63. The van der Waals surface area contributed by atoms with Crippen molar-refractivity contribution in [3.63, 3.8) is 0 Å². The summed E-state index contributed by atoms with van der Waals surface area (Å²) in [6.45, 7) is 11.0. The molecule has 8 nitrogen and oxygen atoms in total. The van der Waals surface area contributed by atoms with Crippen LogP contribution in [0.2, 0.25) is 0 Å². The minimum Gasteiger partial charge on any atom is -0.383 e. The van der Waals surface area contributed by atoms with E-state index in [0.29, 0.717) is 43.7 Å². The number of rotatable bonds is 6. The molecule has 1 aliphatic heterocycles. The quantitative estimate of drug-likeness (QED) is 0.581. The second-order valence-corrected chi connectivity index (χ2v) is 9.35. The SMILES string of the molecule is COCCn1c(C(C)N2CCN(C(=O)Nc3c(C)cccc3C)C(C)C2)nc2ccccc2c1=O. The lowest BCUT2D eigenvalue weighted by atomic mass is 10.1. The number of carbonyl (C=O) groups is 1. The summed E-state index contributed by atoms with van der Waals surface area (Å²) in [5.74, 6) is 0.728. The van der Waals surface area contributed by atoms with Crippen LogP contribution in [-0.2, 0) is 11.3 Å². The molecule has 0 radical (unpaired) electrons. The van der Waals surface area contributed by atoms with E-state index in [1.165, 1.54) is 0 Å². The first-order valence-electron chi connectivity index (χ1n) is 12.2. The Morgan fingerprint density at radius 3 is 2.54 bits per heavy atom. The van der Waals surface area contributed by atoms with Crippen molar-refractivity contribution in [1.29, 1.82) is 0 Å². The van der Waals surface area contributed by atoms with Crippen molar-refractivity contribution >= 4 is 22.6 Å². The molecule has 2 heterocycles. The van der Waals surface area contributed by atoms with Crippen LogP contribution in [0, 0.1) is 13.8 Å². The number of methoxy groups -OCH3 is 1. The van der Waals surface area contributed by atoms with Crippen LogP contribution in [-0.4, -0.2) is 64.8 Å². The molecule has 2 amide bonds.